The average molecular weight is 645 g/mol. The largest absolute Gasteiger partial charge is 0.397 e. The smallest absolute Gasteiger partial charge is 0.292 e. The predicted molar refractivity (Wildman–Crippen MR) is 179 cm³/mol. The SMILES string of the molecule is CC(C)C(N)C(=O)c1c(C(=O)C(N)CCCN=C(N)N)c(N)c(C(=O)c2ccccc2)c(C(=O)C(N)Cc2ccccc2)c1[N+](=O)[O-]. The summed E-state index contributed by atoms with van der Waals surface area (Å²) < 4.78 is 0. The summed E-state index contributed by atoms with van der Waals surface area (Å²) in [4.78, 5) is 72.1. The first-order chi connectivity index (χ1) is 22.2. The Morgan fingerprint density at radius 2 is 1.32 bits per heavy atom. The molecule has 3 aromatic rings. The average Bonchev–Trinajstić information content (AvgIpc) is 3.04. The number of nitrogens with two attached hydrogens (primary N) is 6. The molecule has 3 aromatic carbocycles. The molecule has 0 spiro atoms. The Hall–Kier alpha value is -5.31. The first kappa shape index (κ1) is 36.2. The van der Waals surface area contributed by atoms with E-state index in [1.807, 2.05) is 0 Å². The van der Waals surface area contributed by atoms with E-state index in [1.165, 1.54) is 12.1 Å². The van der Waals surface area contributed by atoms with E-state index < -0.39 is 85.7 Å². The Labute approximate surface area is 271 Å². The summed E-state index contributed by atoms with van der Waals surface area (Å²) >= 11 is 0. The molecule has 0 bridgehead atoms. The number of guanidine groups is 1. The third-order valence-corrected chi connectivity index (χ3v) is 7.66. The Morgan fingerprint density at radius 1 is 0.787 bits per heavy atom. The fraction of sp³-hybridized carbons (Fsp3) is 0.303. The molecule has 0 aliphatic rings. The van der Waals surface area contributed by atoms with Crippen LogP contribution in [0, 0.1) is 16.0 Å². The van der Waals surface area contributed by atoms with Gasteiger partial charge in [-0.1, -0.05) is 74.5 Å². The summed E-state index contributed by atoms with van der Waals surface area (Å²) in [6.07, 6.45) is 0.144. The van der Waals surface area contributed by atoms with Crippen LogP contribution >= 0.6 is 0 Å². The van der Waals surface area contributed by atoms with Crippen LogP contribution in [0.25, 0.3) is 0 Å². The van der Waals surface area contributed by atoms with Gasteiger partial charge in [0.2, 0.25) is 0 Å². The van der Waals surface area contributed by atoms with Gasteiger partial charge in [0.25, 0.3) is 5.69 Å². The van der Waals surface area contributed by atoms with Gasteiger partial charge in [-0.2, -0.15) is 0 Å². The number of anilines is 1. The molecule has 0 saturated heterocycles. The number of ketones is 4. The maximum Gasteiger partial charge on any atom is 0.292 e. The molecule has 0 aliphatic heterocycles. The minimum atomic E-state index is -1.40. The number of hydrogen-bond donors (Lipinski definition) is 6. The molecule has 0 radical (unpaired) electrons. The number of hydrogen-bond acceptors (Lipinski definition) is 11. The number of rotatable bonds is 16. The Morgan fingerprint density at radius 3 is 1.85 bits per heavy atom. The highest BCUT2D eigenvalue weighted by molar-refractivity contribution is 6.27. The van der Waals surface area contributed by atoms with Crippen molar-refractivity contribution >= 4 is 40.5 Å². The minimum absolute atomic E-state index is 0.0112. The Bertz CT molecular complexity index is 1690. The zero-order valence-corrected chi connectivity index (χ0v) is 26.2. The molecular weight excluding hydrogens is 604 g/mol. The van der Waals surface area contributed by atoms with Gasteiger partial charge >= 0.3 is 0 Å². The molecule has 3 rings (SSSR count). The molecule has 0 saturated carbocycles. The third-order valence-electron chi connectivity index (χ3n) is 7.66. The maximum absolute atomic E-state index is 14.2. The van der Waals surface area contributed by atoms with Gasteiger partial charge in [0.15, 0.2) is 29.1 Å². The lowest BCUT2D eigenvalue weighted by molar-refractivity contribution is -0.385. The maximum atomic E-state index is 14.2. The number of benzene rings is 3. The summed E-state index contributed by atoms with van der Waals surface area (Å²) in [5, 5.41) is 13.0. The summed E-state index contributed by atoms with van der Waals surface area (Å²) in [6.45, 7) is 3.32. The molecule has 0 fully saturated rings. The van der Waals surface area contributed by atoms with Crippen LogP contribution in [0.4, 0.5) is 11.4 Å². The summed E-state index contributed by atoms with van der Waals surface area (Å²) in [5.74, 6) is -4.65. The molecule has 0 heterocycles. The lowest BCUT2D eigenvalue weighted by Gasteiger charge is -2.23. The van der Waals surface area contributed by atoms with Gasteiger partial charge in [0.05, 0.1) is 39.9 Å². The molecule has 0 aliphatic carbocycles. The molecule has 14 heteroatoms. The van der Waals surface area contributed by atoms with Crippen LogP contribution in [-0.4, -0.2) is 58.7 Å². The normalized spacial score (nSPS) is 13.0. The van der Waals surface area contributed by atoms with Gasteiger partial charge in [0.1, 0.15) is 11.1 Å². The van der Waals surface area contributed by atoms with Crippen molar-refractivity contribution in [3.8, 4) is 0 Å². The summed E-state index contributed by atoms with van der Waals surface area (Å²) in [6, 6.07) is 12.1. The van der Waals surface area contributed by atoms with Crippen molar-refractivity contribution in [3.63, 3.8) is 0 Å². The lowest BCUT2D eigenvalue weighted by Crippen LogP contribution is -2.40. The zero-order chi connectivity index (χ0) is 35.0. The Balaban J connectivity index is 2.43. The van der Waals surface area contributed by atoms with E-state index in [2.05, 4.69) is 4.99 Å². The van der Waals surface area contributed by atoms with E-state index in [1.54, 1.807) is 62.4 Å². The van der Waals surface area contributed by atoms with Gasteiger partial charge in [0, 0.05) is 12.1 Å². The molecule has 0 aromatic heterocycles. The second-order valence-electron chi connectivity index (χ2n) is 11.4. The monoisotopic (exact) mass is 644 g/mol. The van der Waals surface area contributed by atoms with Gasteiger partial charge in [-0.25, -0.2) is 0 Å². The van der Waals surface area contributed by atoms with Gasteiger partial charge in [-0.15, -0.1) is 0 Å². The standard InChI is InChI=1S/C33H40N8O6/c1-17(2)26(36)32(45)25-23(30(43)20(34)14-9-15-40-33(38)39)27(37)22(29(42)19-12-7-4-8-13-19)24(28(25)41(46)47)31(44)21(35)16-18-10-5-3-6-11-18/h3-8,10-13,17,20-21,26H,9,14-16,34-37H2,1-2H3,(H4,38,39,40). The first-order valence-electron chi connectivity index (χ1n) is 14.9. The second kappa shape index (κ2) is 15.8. The highest BCUT2D eigenvalue weighted by atomic mass is 16.6. The van der Waals surface area contributed by atoms with E-state index in [0.717, 1.165) is 0 Å². The number of Topliss-reactive ketones (excluding diaryl/α,β-unsaturated/α-hetero) is 3. The number of nitrogens with zero attached hydrogens (tertiary/aromatic N) is 2. The molecule has 47 heavy (non-hydrogen) atoms. The third kappa shape index (κ3) is 8.30. The van der Waals surface area contributed by atoms with Crippen molar-refractivity contribution < 1.29 is 24.1 Å². The molecule has 12 N–H and O–H groups in total. The van der Waals surface area contributed by atoms with Crippen molar-refractivity contribution in [2.24, 2.45) is 39.6 Å². The first-order valence-corrected chi connectivity index (χ1v) is 14.9. The van der Waals surface area contributed by atoms with Crippen LogP contribution in [0.5, 0.6) is 0 Å². The fourth-order valence-electron chi connectivity index (χ4n) is 5.10. The summed E-state index contributed by atoms with van der Waals surface area (Å²) in [5.41, 5.74) is 32.1. The topological polar surface area (TPSA) is 280 Å². The van der Waals surface area contributed by atoms with Crippen molar-refractivity contribution in [1.82, 2.24) is 0 Å². The fourth-order valence-corrected chi connectivity index (χ4v) is 5.10. The van der Waals surface area contributed by atoms with Crippen LogP contribution in [0.2, 0.25) is 0 Å². The highest BCUT2D eigenvalue weighted by Gasteiger charge is 2.43. The molecule has 0 amide bonds. The lowest BCUT2D eigenvalue weighted by atomic mass is 9.80. The molecular formula is C33H40N8O6. The van der Waals surface area contributed by atoms with Crippen molar-refractivity contribution in [3.05, 3.63) is 104 Å². The highest BCUT2D eigenvalue weighted by Crippen LogP contribution is 2.40. The number of carbonyl (C=O) groups excluding carboxylic acids is 4. The van der Waals surface area contributed by atoms with Crippen LogP contribution < -0.4 is 34.4 Å². The molecule has 3 unspecified atom stereocenters. The van der Waals surface area contributed by atoms with Gasteiger partial charge in [-0.3, -0.25) is 34.3 Å². The molecule has 3 atom stereocenters. The van der Waals surface area contributed by atoms with E-state index in [4.69, 9.17) is 34.4 Å². The van der Waals surface area contributed by atoms with E-state index >= 15 is 0 Å². The minimum Gasteiger partial charge on any atom is -0.397 e. The second-order valence-corrected chi connectivity index (χ2v) is 11.4. The Kier molecular flexibility index (Phi) is 12.2. The van der Waals surface area contributed by atoms with E-state index in [-0.39, 0.29) is 37.3 Å². The van der Waals surface area contributed by atoms with Crippen molar-refractivity contribution in [2.45, 2.75) is 51.2 Å². The summed E-state index contributed by atoms with van der Waals surface area (Å²) in [7, 11) is 0. The zero-order valence-electron chi connectivity index (χ0n) is 26.2. The van der Waals surface area contributed by atoms with Crippen molar-refractivity contribution in [2.75, 3.05) is 12.3 Å². The van der Waals surface area contributed by atoms with E-state index in [9.17, 15) is 29.3 Å². The predicted octanol–water partition coefficient (Wildman–Crippen LogP) is 1.89. The number of carbonyl (C=O) groups is 4. The van der Waals surface area contributed by atoms with E-state index in [0.29, 0.717) is 5.56 Å². The quantitative estimate of drug-likeness (QED) is 0.0248. The number of nitro benzene ring substituents is 1. The molecule has 14 nitrogen and oxygen atoms in total. The molecule has 248 valence electrons. The van der Waals surface area contributed by atoms with Crippen LogP contribution in [0.3, 0.4) is 0 Å². The van der Waals surface area contributed by atoms with Crippen molar-refractivity contribution in [1.29, 1.82) is 0 Å². The van der Waals surface area contributed by atoms with Gasteiger partial charge in [-0.05, 0) is 30.7 Å². The number of nitro groups is 1. The van der Waals surface area contributed by atoms with Gasteiger partial charge < -0.3 is 34.4 Å². The van der Waals surface area contributed by atoms with Crippen LogP contribution in [0.1, 0.15) is 79.2 Å². The van der Waals surface area contributed by atoms with Crippen LogP contribution in [0.15, 0.2) is 65.7 Å². The number of aliphatic imine (C=N–C) groups is 1. The number of nitrogen functional groups attached to an aromatic ring is 1. The van der Waals surface area contributed by atoms with Crippen LogP contribution in [-0.2, 0) is 6.42 Å².